The highest BCUT2D eigenvalue weighted by Gasteiger charge is 2.66. The smallest absolute Gasteiger partial charge is 0.310 e. The summed E-state index contributed by atoms with van der Waals surface area (Å²) in [5.74, 6) is -2.22. The molecule has 0 aromatic heterocycles. The van der Waals surface area contributed by atoms with Gasteiger partial charge in [-0.1, -0.05) is 25.5 Å². The third-order valence-corrected chi connectivity index (χ3v) is 4.25. The van der Waals surface area contributed by atoms with Gasteiger partial charge in [0.2, 0.25) is 5.91 Å². The predicted molar refractivity (Wildman–Crippen MR) is 62.8 cm³/mol. The van der Waals surface area contributed by atoms with E-state index in [0.29, 0.717) is 13.1 Å². The normalized spacial score (nSPS) is 40.6. The number of unbranched alkanes of at least 4 members (excludes halogenated alkanes) is 1. The highest BCUT2D eigenvalue weighted by molar-refractivity contribution is 5.90. The number of carbonyl (C=O) groups is 2. The van der Waals surface area contributed by atoms with Gasteiger partial charge in [-0.15, -0.1) is 0 Å². The summed E-state index contributed by atoms with van der Waals surface area (Å²) in [6, 6.07) is 0. The molecule has 98 valence electrons. The largest absolute Gasteiger partial charge is 0.481 e. The number of ether oxygens (including phenoxy) is 1. The second-order valence-corrected chi connectivity index (χ2v) is 5.35. The van der Waals surface area contributed by atoms with E-state index in [2.05, 4.69) is 6.92 Å². The Bertz CT molecular complexity index is 433. The number of carboxylic acids is 1. The maximum absolute atomic E-state index is 12.3. The molecule has 1 amide bonds. The summed E-state index contributed by atoms with van der Waals surface area (Å²) in [7, 11) is 0. The van der Waals surface area contributed by atoms with E-state index in [9.17, 15) is 14.7 Å². The molecule has 4 atom stereocenters. The van der Waals surface area contributed by atoms with Gasteiger partial charge in [-0.25, -0.2) is 0 Å². The summed E-state index contributed by atoms with van der Waals surface area (Å²) >= 11 is 0. The minimum atomic E-state index is -0.929. The number of amides is 1. The number of hydrogen-bond acceptors (Lipinski definition) is 3. The second kappa shape index (κ2) is 3.82. The van der Waals surface area contributed by atoms with E-state index in [1.165, 1.54) is 0 Å². The van der Waals surface area contributed by atoms with Crippen LogP contribution in [0.15, 0.2) is 12.2 Å². The molecule has 2 bridgehead atoms. The van der Waals surface area contributed by atoms with E-state index in [1.807, 2.05) is 6.08 Å². The fourth-order valence-electron chi connectivity index (χ4n) is 3.40. The average Bonchev–Trinajstić information content (AvgIpc) is 2.95. The molecular formula is C13H17NO4. The minimum absolute atomic E-state index is 0.0531. The first kappa shape index (κ1) is 11.7. The van der Waals surface area contributed by atoms with Crippen molar-refractivity contribution in [3.05, 3.63) is 12.2 Å². The van der Waals surface area contributed by atoms with Crippen molar-refractivity contribution in [1.29, 1.82) is 0 Å². The molecule has 18 heavy (non-hydrogen) atoms. The van der Waals surface area contributed by atoms with E-state index in [4.69, 9.17) is 4.74 Å². The van der Waals surface area contributed by atoms with Crippen molar-refractivity contribution in [2.45, 2.75) is 31.5 Å². The first-order valence-electron chi connectivity index (χ1n) is 6.48. The lowest BCUT2D eigenvalue weighted by molar-refractivity contribution is -0.148. The number of carboxylic acid groups (broad SMARTS) is 1. The molecule has 5 heteroatoms. The van der Waals surface area contributed by atoms with Gasteiger partial charge in [0, 0.05) is 6.54 Å². The third-order valence-electron chi connectivity index (χ3n) is 4.25. The Morgan fingerprint density at radius 3 is 3.11 bits per heavy atom. The lowest BCUT2D eigenvalue weighted by Gasteiger charge is -2.21. The number of carbonyl (C=O) groups excluding carboxylic acids is 1. The molecule has 0 radical (unpaired) electrons. The summed E-state index contributed by atoms with van der Waals surface area (Å²) < 4.78 is 5.78. The maximum atomic E-state index is 12.3. The fraction of sp³-hybridized carbons (Fsp3) is 0.692. The van der Waals surface area contributed by atoms with Crippen LogP contribution in [-0.2, 0) is 14.3 Å². The number of aliphatic carboxylic acids is 1. The van der Waals surface area contributed by atoms with E-state index in [1.54, 1.807) is 11.0 Å². The Morgan fingerprint density at radius 2 is 2.44 bits per heavy atom. The first-order chi connectivity index (χ1) is 8.59. The standard InChI is InChI=1S/C13H17NO4/c1-2-3-6-14-7-13-5-4-8(18-13)9(12(16)17)10(13)11(14)15/h4-5,8-10H,2-3,6-7H2,1H3,(H,16,17)/t8-,9?,10+,13-/m1/s1. The maximum Gasteiger partial charge on any atom is 0.310 e. The Balaban J connectivity index is 1.87. The number of fused-ring (bicyclic) bond motifs is 1. The highest BCUT2D eigenvalue weighted by Crippen LogP contribution is 2.51. The zero-order chi connectivity index (χ0) is 12.9. The molecule has 0 saturated carbocycles. The molecule has 3 aliphatic rings. The van der Waals surface area contributed by atoms with Gasteiger partial charge in [-0.3, -0.25) is 9.59 Å². The van der Waals surface area contributed by atoms with E-state index >= 15 is 0 Å². The number of likely N-dealkylation sites (tertiary alicyclic amines) is 1. The lowest BCUT2D eigenvalue weighted by atomic mass is 9.77. The molecule has 1 N–H and O–H groups in total. The quantitative estimate of drug-likeness (QED) is 0.745. The molecule has 3 rings (SSSR count). The molecule has 5 nitrogen and oxygen atoms in total. The molecule has 3 heterocycles. The average molecular weight is 251 g/mol. The molecule has 0 aliphatic carbocycles. The van der Waals surface area contributed by atoms with Crippen molar-refractivity contribution in [2.24, 2.45) is 11.8 Å². The van der Waals surface area contributed by atoms with Crippen molar-refractivity contribution in [2.75, 3.05) is 13.1 Å². The van der Waals surface area contributed by atoms with Crippen molar-refractivity contribution in [3.63, 3.8) is 0 Å². The van der Waals surface area contributed by atoms with Crippen LogP contribution in [0.2, 0.25) is 0 Å². The van der Waals surface area contributed by atoms with Crippen LogP contribution in [0.5, 0.6) is 0 Å². The molecule has 1 unspecified atom stereocenters. The van der Waals surface area contributed by atoms with Crippen LogP contribution in [-0.4, -0.2) is 46.7 Å². The van der Waals surface area contributed by atoms with Gasteiger partial charge in [0.25, 0.3) is 0 Å². The zero-order valence-corrected chi connectivity index (χ0v) is 10.3. The third kappa shape index (κ3) is 1.37. The van der Waals surface area contributed by atoms with Gasteiger partial charge in [-0.05, 0) is 6.42 Å². The van der Waals surface area contributed by atoms with Gasteiger partial charge < -0.3 is 14.7 Å². The van der Waals surface area contributed by atoms with Crippen LogP contribution in [0.25, 0.3) is 0 Å². The predicted octanol–water partition coefficient (Wildman–Crippen LogP) is 0.653. The van der Waals surface area contributed by atoms with Crippen molar-refractivity contribution >= 4 is 11.9 Å². The molecule has 2 saturated heterocycles. The summed E-state index contributed by atoms with van der Waals surface area (Å²) in [5.41, 5.74) is -0.668. The monoisotopic (exact) mass is 251 g/mol. The SMILES string of the molecule is CCCCN1C[C@@]23C=C[C@@H](O2)C(C(=O)O)[C@H]3C1=O. The van der Waals surface area contributed by atoms with Crippen LogP contribution < -0.4 is 0 Å². The summed E-state index contributed by atoms with van der Waals surface area (Å²) in [5, 5.41) is 9.27. The number of nitrogens with zero attached hydrogens (tertiary/aromatic N) is 1. The molecule has 2 fully saturated rings. The highest BCUT2D eigenvalue weighted by atomic mass is 16.5. The van der Waals surface area contributed by atoms with Crippen LogP contribution in [0, 0.1) is 11.8 Å². The molecule has 0 aromatic rings. The van der Waals surface area contributed by atoms with Crippen molar-refractivity contribution in [1.82, 2.24) is 4.90 Å². The Hall–Kier alpha value is -1.36. The van der Waals surface area contributed by atoms with Crippen LogP contribution in [0.1, 0.15) is 19.8 Å². The van der Waals surface area contributed by atoms with Crippen LogP contribution >= 0.6 is 0 Å². The van der Waals surface area contributed by atoms with Gasteiger partial charge >= 0.3 is 5.97 Å². The van der Waals surface area contributed by atoms with Crippen LogP contribution in [0.3, 0.4) is 0 Å². The van der Waals surface area contributed by atoms with Gasteiger partial charge in [0.1, 0.15) is 11.5 Å². The summed E-state index contributed by atoms with van der Waals surface area (Å²) in [4.78, 5) is 25.4. The van der Waals surface area contributed by atoms with Gasteiger partial charge in [0.05, 0.1) is 18.6 Å². The lowest BCUT2D eigenvalue weighted by Crippen LogP contribution is -2.39. The molecule has 1 spiro atoms. The Kier molecular flexibility index (Phi) is 2.48. The van der Waals surface area contributed by atoms with E-state index in [-0.39, 0.29) is 5.91 Å². The molecule has 3 aliphatic heterocycles. The molecular weight excluding hydrogens is 234 g/mol. The van der Waals surface area contributed by atoms with E-state index in [0.717, 1.165) is 12.8 Å². The Labute approximate surface area is 105 Å². The van der Waals surface area contributed by atoms with E-state index < -0.39 is 29.5 Å². The first-order valence-corrected chi connectivity index (χ1v) is 6.48. The fourth-order valence-corrected chi connectivity index (χ4v) is 3.40. The summed E-state index contributed by atoms with van der Waals surface area (Å²) in [6.07, 6.45) is 5.23. The van der Waals surface area contributed by atoms with Crippen molar-refractivity contribution < 1.29 is 19.4 Å². The second-order valence-electron chi connectivity index (χ2n) is 5.35. The van der Waals surface area contributed by atoms with Crippen molar-refractivity contribution in [3.8, 4) is 0 Å². The number of rotatable bonds is 4. The van der Waals surface area contributed by atoms with Gasteiger partial charge in [0.15, 0.2) is 0 Å². The Morgan fingerprint density at radius 1 is 1.67 bits per heavy atom. The summed E-state index contributed by atoms with van der Waals surface area (Å²) in [6.45, 7) is 3.27. The topological polar surface area (TPSA) is 66.8 Å². The van der Waals surface area contributed by atoms with Gasteiger partial charge in [-0.2, -0.15) is 0 Å². The molecule has 0 aromatic carbocycles. The zero-order valence-electron chi connectivity index (χ0n) is 10.3. The minimum Gasteiger partial charge on any atom is -0.481 e. The number of hydrogen-bond donors (Lipinski definition) is 1. The van der Waals surface area contributed by atoms with Crippen LogP contribution in [0.4, 0.5) is 0 Å².